The van der Waals surface area contributed by atoms with Gasteiger partial charge in [-0.05, 0) is 80.5 Å². The van der Waals surface area contributed by atoms with Crippen molar-refractivity contribution in [3.05, 3.63) is 30.1 Å². The number of rotatable bonds is 6. The summed E-state index contributed by atoms with van der Waals surface area (Å²) in [5.41, 5.74) is -0.00390. The van der Waals surface area contributed by atoms with Crippen LogP contribution < -0.4 is 4.72 Å². The van der Waals surface area contributed by atoms with E-state index < -0.39 is 15.8 Å². The topological polar surface area (TPSA) is 55.4 Å². The van der Waals surface area contributed by atoms with Gasteiger partial charge < -0.3 is 4.74 Å². The largest absolute Gasteiger partial charge is 0.374 e. The quantitative estimate of drug-likeness (QED) is 0.800. The maximum atomic E-state index is 12.9. The first-order chi connectivity index (χ1) is 11.4. The lowest BCUT2D eigenvalue weighted by Crippen LogP contribution is -2.52. The molecule has 1 N–H and O–H groups in total. The molecule has 4 bridgehead atoms. The van der Waals surface area contributed by atoms with Crippen LogP contribution in [0.1, 0.15) is 38.5 Å². The Morgan fingerprint density at radius 2 is 1.58 bits per heavy atom. The fourth-order valence-electron chi connectivity index (χ4n) is 5.35. The highest BCUT2D eigenvalue weighted by atomic mass is 32.2. The van der Waals surface area contributed by atoms with E-state index in [0.29, 0.717) is 6.61 Å². The molecule has 0 amide bonds. The van der Waals surface area contributed by atoms with Crippen molar-refractivity contribution in [3.63, 3.8) is 0 Å². The number of nitrogens with one attached hydrogen (secondary N) is 1. The number of benzene rings is 1. The summed E-state index contributed by atoms with van der Waals surface area (Å²) < 4.78 is 46.0. The number of hydrogen-bond acceptors (Lipinski definition) is 3. The number of sulfonamides is 1. The van der Waals surface area contributed by atoms with E-state index in [1.165, 1.54) is 31.4 Å². The van der Waals surface area contributed by atoms with Gasteiger partial charge in [0.2, 0.25) is 10.0 Å². The molecule has 4 aliphatic rings. The highest BCUT2D eigenvalue weighted by molar-refractivity contribution is 7.89. The van der Waals surface area contributed by atoms with Crippen LogP contribution in [0.4, 0.5) is 4.39 Å². The molecular formula is C18H24FNO3S. The second-order valence-electron chi connectivity index (χ2n) is 7.80. The van der Waals surface area contributed by atoms with Crippen molar-refractivity contribution in [2.75, 3.05) is 13.2 Å². The summed E-state index contributed by atoms with van der Waals surface area (Å²) in [6.45, 7) is 0.647. The van der Waals surface area contributed by atoms with Crippen molar-refractivity contribution in [2.24, 2.45) is 17.8 Å². The van der Waals surface area contributed by atoms with Crippen LogP contribution >= 0.6 is 0 Å². The van der Waals surface area contributed by atoms with Gasteiger partial charge in [0.05, 0.1) is 17.1 Å². The van der Waals surface area contributed by atoms with Gasteiger partial charge >= 0.3 is 0 Å². The van der Waals surface area contributed by atoms with Gasteiger partial charge in [-0.1, -0.05) is 0 Å². The lowest BCUT2D eigenvalue weighted by molar-refractivity contribution is -0.160. The molecule has 0 heterocycles. The van der Waals surface area contributed by atoms with E-state index in [-0.39, 0.29) is 17.0 Å². The Balaban J connectivity index is 1.31. The minimum Gasteiger partial charge on any atom is -0.374 e. The van der Waals surface area contributed by atoms with Crippen molar-refractivity contribution < 1.29 is 17.5 Å². The fraction of sp³-hybridized carbons (Fsp3) is 0.667. The first kappa shape index (κ1) is 16.5. The highest BCUT2D eigenvalue weighted by Crippen LogP contribution is 2.57. The molecule has 4 fully saturated rings. The molecule has 1 aromatic carbocycles. The zero-order chi connectivity index (χ0) is 16.8. The third-order valence-electron chi connectivity index (χ3n) is 5.91. The van der Waals surface area contributed by atoms with Crippen LogP contribution in [0.2, 0.25) is 0 Å². The summed E-state index contributed by atoms with van der Waals surface area (Å²) >= 11 is 0. The molecule has 0 spiro atoms. The lowest BCUT2D eigenvalue weighted by Gasteiger charge is -2.56. The molecule has 0 aliphatic heterocycles. The van der Waals surface area contributed by atoms with Gasteiger partial charge in [0.1, 0.15) is 5.82 Å². The van der Waals surface area contributed by atoms with Crippen LogP contribution in [0.3, 0.4) is 0 Å². The van der Waals surface area contributed by atoms with Crippen LogP contribution in [0.5, 0.6) is 0 Å². The summed E-state index contributed by atoms with van der Waals surface area (Å²) in [4.78, 5) is 0.0821. The normalized spacial score (nSPS) is 34.6. The molecule has 24 heavy (non-hydrogen) atoms. The van der Waals surface area contributed by atoms with Gasteiger partial charge in [-0.2, -0.15) is 0 Å². The van der Waals surface area contributed by atoms with Gasteiger partial charge in [-0.25, -0.2) is 17.5 Å². The Bertz CT molecular complexity index is 666. The summed E-state index contributed by atoms with van der Waals surface area (Å²) in [6, 6.07) is 4.86. The number of hydrogen-bond donors (Lipinski definition) is 1. The first-order valence-electron chi connectivity index (χ1n) is 8.83. The monoisotopic (exact) mass is 353 g/mol. The minimum atomic E-state index is -3.60. The molecular weight excluding hydrogens is 329 g/mol. The van der Waals surface area contributed by atoms with Crippen LogP contribution in [-0.4, -0.2) is 27.2 Å². The predicted molar refractivity (Wildman–Crippen MR) is 88.4 cm³/mol. The fourth-order valence-corrected chi connectivity index (χ4v) is 6.36. The molecule has 0 radical (unpaired) electrons. The molecule has 1 aromatic rings. The number of ether oxygens (including phenoxy) is 1. The van der Waals surface area contributed by atoms with Crippen LogP contribution in [-0.2, 0) is 14.8 Å². The van der Waals surface area contributed by atoms with E-state index in [4.69, 9.17) is 4.74 Å². The van der Waals surface area contributed by atoms with Crippen molar-refractivity contribution in [1.82, 2.24) is 4.72 Å². The van der Waals surface area contributed by atoms with Crippen molar-refractivity contribution in [3.8, 4) is 0 Å². The highest BCUT2D eigenvalue weighted by Gasteiger charge is 2.51. The molecule has 0 unspecified atom stereocenters. The van der Waals surface area contributed by atoms with Gasteiger partial charge in [0.25, 0.3) is 0 Å². The molecule has 4 aliphatic carbocycles. The third kappa shape index (κ3) is 3.24. The summed E-state index contributed by atoms with van der Waals surface area (Å²) in [5, 5.41) is 0. The predicted octanol–water partition coefficient (Wildman–Crippen LogP) is 3.09. The van der Waals surface area contributed by atoms with Crippen molar-refractivity contribution in [2.45, 2.75) is 49.0 Å². The molecule has 0 atom stereocenters. The average molecular weight is 353 g/mol. The molecule has 4 saturated carbocycles. The first-order valence-corrected chi connectivity index (χ1v) is 10.3. The molecule has 4 nitrogen and oxygen atoms in total. The van der Waals surface area contributed by atoms with Gasteiger partial charge in [0, 0.05) is 6.54 Å². The van der Waals surface area contributed by atoms with Crippen LogP contribution in [0, 0.1) is 23.6 Å². The third-order valence-corrected chi connectivity index (χ3v) is 7.39. The Labute approximate surface area is 142 Å². The minimum absolute atomic E-state index is 0.00390. The molecule has 0 aromatic heterocycles. The van der Waals surface area contributed by atoms with Crippen LogP contribution in [0.15, 0.2) is 29.2 Å². The van der Waals surface area contributed by atoms with E-state index >= 15 is 0 Å². The second-order valence-corrected chi connectivity index (χ2v) is 9.57. The zero-order valence-electron chi connectivity index (χ0n) is 13.7. The number of halogens is 1. The Kier molecular flexibility index (Phi) is 4.17. The van der Waals surface area contributed by atoms with E-state index in [2.05, 4.69) is 4.72 Å². The maximum absolute atomic E-state index is 12.9. The van der Waals surface area contributed by atoms with E-state index in [9.17, 15) is 12.8 Å². The van der Waals surface area contributed by atoms with E-state index in [1.807, 2.05) is 0 Å². The standard InChI is InChI=1S/C18H24FNO3S/c19-16-1-3-17(4-2-16)24(21,22)20-5-6-23-18-10-13-7-14(11-18)9-15(8-13)12-18/h1-4,13-15,20H,5-12H2. The molecule has 5 rings (SSSR count). The second kappa shape index (κ2) is 6.07. The molecule has 6 heteroatoms. The van der Waals surface area contributed by atoms with Gasteiger partial charge in [0.15, 0.2) is 0 Å². The lowest BCUT2D eigenvalue weighted by atomic mass is 9.54. The van der Waals surface area contributed by atoms with E-state index in [0.717, 1.165) is 49.1 Å². The Hall–Kier alpha value is -0.980. The molecule has 132 valence electrons. The SMILES string of the molecule is O=S(=O)(NCCOC12CC3CC(CC(C3)C1)C2)c1ccc(F)cc1. The van der Waals surface area contributed by atoms with E-state index in [1.54, 1.807) is 0 Å². The van der Waals surface area contributed by atoms with Gasteiger partial charge in [-0.15, -0.1) is 0 Å². The maximum Gasteiger partial charge on any atom is 0.240 e. The summed E-state index contributed by atoms with van der Waals surface area (Å²) in [5.74, 6) is 1.99. The van der Waals surface area contributed by atoms with Crippen molar-refractivity contribution in [1.29, 1.82) is 0 Å². The average Bonchev–Trinajstić information content (AvgIpc) is 2.51. The summed E-state index contributed by atoms with van der Waals surface area (Å²) in [6.07, 6.45) is 7.51. The Morgan fingerprint density at radius 3 is 2.12 bits per heavy atom. The summed E-state index contributed by atoms with van der Waals surface area (Å²) in [7, 11) is -3.60. The van der Waals surface area contributed by atoms with Crippen molar-refractivity contribution >= 4 is 10.0 Å². The van der Waals surface area contributed by atoms with Gasteiger partial charge in [-0.3, -0.25) is 0 Å². The zero-order valence-corrected chi connectivity index (χ0v) is 14.5. The smallest absolute Gasteiger partial charge is 0.240 e. The molecule has 0 saturated heterocycles. The van der Waals surface area contributed by atoms with Crippen LogP contribution in [0.25, 0.3) is 0 Å². The Morgan fingerprint density at radius 1 is 1.04 bits per heavy atom.